The standard InChI is InChI=1S/C18H20N4O2S/c1-12-19-13(11-25-12)10-22(2)17(23)9-5-8-16-20-15-7-4-3-6-14(15)18(24)21-16/h3-4,6-7,11H,5,8-10H2,1-2H3,(H,20,21,24). The number of hydrogen-bond donors (Lipinski definition) is 1. The summed E-state index contributed by atoms with van der Waals surface area (Å²) in [5, 5.41) is 3.56. The summed E-state index contributed by atoms with van der Waals surface area (Å²) in [6.07, 6.45) is 1.62. The molecule has 2 aromatic heterocycles. The van der Waals surface area contributed by atoms with Gasteiger partial charge < -0.3 is 9.88 Å². The molecular weight excluding hydrogens is 336 g/mol. The summed E-state index contributed by atoms with van der Waals surface area (Å²) < 4.78 is 0. The molecule has 130 valence electrons. The van der Waals surface area contributed by atoms with E-state index in [1.165, 1.54) is 0 Å². The molecule has 0 aliphatic carbocycles. The van der Waals surface area contributed by atoms with Crippen LogP contribution in [-0.2, 0) is 17.8 Å². The third-order valence-electron chi connectivity index (χ3n) is 3.96. The van der Waals surface area contributed by atoms with Gasteiger partial charge in [-0.2, -0.15) is 0 Å². The number of H-pyrrole nitrogens is 1. The fraction of sp³-hybridized carbons (Fsp3) is 0.333. The Labute approximate surface area is 149 Å². The van der Waals surface area contributed by atoms with Crippen LogP contribution in [0.2, 0.25) is 0 Å². The van der Waals surface area contributed by atoms with Crippen LogP contribution in [0.1, 0.15) is 29.4 Å². The third-order valence-corrected chi connectivity index (χ3v) is 4.78. The van der Waals surface area contributed by atoms with Crippen molar-refractivity contribution < 1.29 is 4.79 Å². The zero-order valence-corrected chi connectivity index (χ0v) is 15.1. The van der Waals surface area contributed by atoms with Gasteiger partial charge in [-0.25, -0.2) is 9.97 Å². The lowest BCUT2D eigenvalue weighted by atomic mass is 10.2. The molecule has 1 amide bonds. The topological polar surface area (TPSA) is 79.0 Å². The number of rotatable bonds is 6. The number of aryl methyl sites for hydroxylation is 2. The second-order valence-electron chi connectivity index (χ2n) is 5.99. The zero-order valence-electron chi connectivity index (χ0n) is 14.3. The maximum absolute atomic E-state index is 12.2. The van der Waals surface area contributed by atoms with Gasteiger partial charge in [-0.3, -0.25) is 9.59 Å². The first-order chi connectivity index (χ1) is 12.0. The van der Waals surface area contributed by atoms with Crippen LogP contribution in [0.15, 0.2) is 34.4 Å². The molecule has 0 spiro atoms. The fourth-order valence-electron chi connectivity index (χ4n) is 2.66. The van der Waals surface area contributed by atoms with Crippen molar-refractivity contribution in [2.24, 2.45) is 0 Å². The first-order valence-corrected chi connectivity index (χ1v) is 9.04. The summed E-state index contributed by atoms with van der Waals surface area (Å²) in [5.41, 5.74) is 1.46. The quantitative estimate of drug-likeness (QED) is 0.736. The van der Waals surface area contributed by atoms with Crippen LogP contribution in [0, 0.1) is 6.92 Å². The van der Waals surface area contributed by atoms with Crippen molar-refractivity contribution in [3.8, 4) is 0 Å². The van der Waals surface area contributed by atoms with Gasteiger partial charge in [0.1, 0.15) is 5.82 Å². The molecule has 0 aliphatic rings. The van der Waals surface area contributed by atoms with Gasteiger partial charge in [-0.1, -0.05) is 12.1 Å². The van der Waals surface area contributed by atoms with E-state index in [2.05, 4.69) is 15.0 Å². The molecule has 7 heteroatoms. The van der Waals surface area contributed by atoms with Gasteiger partial charge >= 0.3 is 0 Å². The van der Waals surface area contributed by atoms with Gasteiger partial charge in [0.15, 0.2) is 0 Å². The average Bonchev–Trinajstić information content (AvgIpc) is 2.99. The van der Waals surface area contributed by atoms with Crippen LogP contribution in [0.5, 0.6) is 0 Å². The Hall–Kier alpha value is -2.54. The molecule has 0 saturated heterocycles. The predicted octanol–water partition coefficient (Wildman–Crippen LogP) is 2.67. The summed E-state index contributed by atoms with van der Waals surface area (Å²) in [6, 6.07) is 7.25. The number of fused-ring (bicyclic) bond motifs is 1. The highest BCUT2D eigenvalue weighted by Crippen LogP contribution is 2.11. The number of nitrogens with one attached hydrogen (secondary N) is 1. The van der Waals surface area contributed by atoms with Crippen molar-refractivity contribution in [3.05, 3.63) is 56.5 Å². The van der Waals surface area contributed by atoms with E-state index in [-0.39, 0.29) is 11.5 Å². The maximum atomic E-state index is 12.2. The van der Waals surface area contributed by atoms with Crippen LogP contribution in [0.25, 0.3) is 10.9 Å². The van der Waals surface area contributed by atoms with Crippen LogP contribution >= 0.6 is 11.3 Å². The predicted molar refractivity (Wildman–Crippen MR) is 98.6 cm³/mol. The van der Waals surface area contributed by atoms with Crippen molar-refractivity contribution in [1.82, 2.24) is 19.9 Å². The summed E-state index contributed by atoms with van der Waals surface area (Å²) in [7, 11) is 1.78. The van der Waals surface area contributed by atoms with E-state index in [0.29, 0.717) is 42.5 Å². The van der Waals surface area contributed by atoms with E-state index in [1.807, 2.05) is 30.5 Å². The Morgan fingerprint density at radius 3 is 2.84 bits per heavy atom. The van der Waals surface area contributed by atoms with Crippen molar-refractivity contribution in [2.45, 2.75) is 32.7 Å². The number of aromatic nitrogens is 3. The Bertz CT molecular complexity index is 947. The van der Waals surface area contributed by atoms with E-state index in [0.717, 1.165) is 10.7 Å². The lowest BCUT2D eigenvalue weighted by molar-refractivity contribution is -0.130. The number of benzene rings is 1. The molecule has 3 rings (SSSR count). The smallest absolute Gasteiger partial charge is 0.258 e. The fourth-order valence-corrected chi connectivity index (χ4v) is 3.27. The first kappa shape index (κ1) is 17.3. The number of hydrogen-bond acceptors (Lipinski definition) is 5. The van der Waals surface area contributed by atoms with Crippen LogP contribution in [-0.4, -0.2) is 32.8 Å². The highest BCUT2D eigenvalue weighted by molar-refractivity contribution is 7.09. The van der Waals surface area contributed by atoms with E-state index in [4.69, 9.17) is 0 Å². The molecule has 0 unspecified atom stereocenters. The highest BCUT2D eigenvalue weighted by Gasteiger charge is 2.11. The van der Waals surface area contributed by atoms with E-state index >= 15 is 0 Å². The monoisotopic (exact) mass is 356 g/mol. The summed E-state index contributed by atoms with van der Waals surface area (Å²) in [6.45, 7) is 2.47. The number of nitrogens with zero attached hydrogens (tertiary/aromatic N) is 3. The second kappa shape index (κ2) is 7.57. The molecule has 3 aromatic rings. The molecular formula is C18H20N4O2S. The van der Waals surface area contributed by atoms with Crippen molar-refractivity contribution in [3.63, 3.8) is 0 Å². The van der Waals surface area contributed by atoms with Crippen molar-refractivity contribution in [2.75, 3.05) is 7.05 Å². The first-order valence-electron chi connectivity index (χ1n) is 8.16. The number of carbonyl (C=O) groups excluding carboxylic acids is 1. The molecule has 25 heavy (non-hydrogen) atoms. The Morgan fingerprint density at radius 1 is 1.28 bits per heavy atom. The minimum atomic E-state index is -0.136. The Morgan fingerprint density at radius 2 is 2.08 bits per heavy atom. The average molecular weight is 356 g/mol. The molecule has 6 nitrogen and oxygen atoms in total. The molecule has 0 aliphatic heterocycles. The number of aromatic amines is 1. The van der Waals surface area contributed by atoms with Crippen LogP contribution in [0.4, 0.5) is 0 Å². The van der Waals surface area contributed by atoms with Crippen LogP contribution < -0.4 is 5.56 Å². The lowest BCUT2D eigenvalue weighted by Crippen LogP contribution is -2.26. The van der Waals surface area contributed by atoms with E-state index < -0.39 is 0 Å². The molecule has 0 saturated carbocycles. The minimum Gasteiger partial charge on any atom is -0.340 e. The van der Waals surface area contributed by atoms with Gasteiger partial charge in [-0.05, 0) is 25.5 Å². The van der Waals surface area contributed by atoms with Crippen molar-refractivity contribution >= 4 is 28.1 Å². The Kier molecular flexibility index (Phi) is 5.23. The number of thiazole rings is 1. The molecule has 0 radical (unpaired) electrons. The number of para-hydroxylation sites is 1. The van der Waals surface area contributed by atoms with Gasteiger partial charge in [0.05, 0.1) is 28.1 Å². The molecule has 1 N–H and O–H groups in total. The normalized spacial score (nSPS) is 11.0. The zero-order chi connectivity index (χ0) is 17.8. The van der Waals surface area contributed by atoms with Gasteiger partial charge in [0, 0.05) is 25.3 Å². The summed E-state index contributed by atoms with van der Waals surface area (Å²) >= 11 is 1.58. The lowest BCUT2D eigenvalue weighted by Gasteiger charge is -2.15. The van der Waals surface area contributed by atoms with E-state index in [9.17, 15) is 9.59 Å². The van der Waals surface area contributed by atoms with Gasteiger partial charge in [-0.15, -0.1) is 11.3 Å². The molecule has 0 bridgehead atoms. The Balaban J connectivity index is 1.55. The number of amides is 1. The third kappa shape index (κ3) is 4.30. The SMILES string of the molecule is Cc1nc(CN(C)C(=O)CCCc2nc3ccccc3c(=O)[nH]2)cs1. The van der Waals surface area contributed by atoms with E-state index in [1.54, 1.807) is 29.4 Å². The second-order valence-corrected chi connectivity index (χ2v) is 7.05. The van der Waals surface area contributed by atoms with Crippen LogP contribution in [0.3, 0.4) is 0 Å². The highest BCUT2D eigenvalue weighted by atomic mass is 32.1. The largest absolute Gasteiger partial charge is 0.340 e. The molecule has 2 heterocycles. The number of carbonyl (C=O) groups is 1. The summed E-state index contributed by atoms with van der Waals surface area (Å²) in [4.78, 5) is 37.6. The van der Waals surface area contributed by atoms with Gasteiger partial charge in [0.25, 0.3) is 5.56 Å². The van der Waals surface area contributed by atoms with Gasteiger partial charge in [0.2, 0.25) is 5.91 Å². The maximum Gasteiger partial charge on any atom is 0.258 e. The minimum absolute atomic E-state index is 0.0637. The molecule has 0 fully saturated rings. The molecule has 1 aromatic carbocycles. The summed E-state index contributed by atoms with van der Waals surface area (Å²) in [5.74, 6) is 0.683. The van der Waals surface area contributed by atoms with Crippen molar-refractivity contribution in [1.29, 1.82) is 0 Å². The molecule has 0 atom stereocenters.